The number of anilines is 1. The van der Waals surface area contributed by atoms with Crippen molar-refractivity contribution >= 4 is 22.8 Å². The van der Waals surface area contributed by atoms with Gasteiger partial charge in [0.1, 0.15) is 5.82 Å². The van der Waals surface area contributed by atoms with Crippen molar-refractivity contribution in [1.82, 2.24) is 19.6 Å². The lowest BCUT2D eigenvalue weighted by Crippen LogP contribution is -2.12. The van der Waals surface area contributed by atoms with E-state index in [4.69, 9.17) is 0 Å². The molecule has 21 heavy (non-hydrogen) atoms. The molecular formula is C15H19N5S. The lowest BCUT2D eigenvalue weighted by Gasteiger charge is -2.15. The molecule has 6 heteroatoms. The SMILES string of the molecule is CCCc1cc(N[C@H](C)c2csc(C)n2)n2nccc2n1. The van der Waals surface area contributed by atoms with E-state index in [9.17, 15) is 0 Å². The molecule has 1 atom stereocenters. The van der Waals surface area contributed by atoms with Crippen LogP contribution in [-0.4, -0.2) is 19.6 Å². The van der Waals surface area contributed by atoms with E-state index >= 15 is 0 Å². The number of thiazole rings is 1. The molecule has 3 aromatic heterocycles. The number of rotatable bonds is 5. The van der Waals surface area contributed by atoms with Crippen LogP contribution in [-0.2, 0) is 6.42 Å². The van der Waals surface area contributed by atoms with E-state index in [-0.39, 0.29) is 6.04 Å². The van der Waals surface area contributed by atoms with Gasteiger partial charge in [0.25, 0.3) is 0 Å². The van der Waals surface area contributed by atoms with Gasteiger partial charge in [-0.2, -0.15) is 9.61 Å². The third kappa shape index (κ3) is 2.90. The van der Waals surface area contributed by atoms with Gasteiger partial charge >= 0.3 is 0 Å². The van der Waals surface area contributed by atoms with Gasteiger partial charge in [0.05, 0.1) is 22.9 Å². The van der Waals surface area contributed by atoms with Crippen molar-refractivity contribution in [3.63, 3.8) is 0 Å². The van der Waals surface area contributed by atoms with Crippen molar-refractivity contribution in [2.45, 2.75) is 39.7 Å². The van der Waals surface area contributed by atoms with Crippen LogP contribution >= 0.6 is 11.3 Å². The highest BCUT2D eigenvalue weighted by Crippen LogP contribution is 2.22. The quantitative estimate of drug-likeness (QED) is 0.782. The van der Waals surface area contributed by atoms with Gasteiger partial charge in [-0.3, -0.25) is 0 Å². The van der Waals surface area contributed by atoms with Gasteiger partial charge in [0.15, 0.2) is 5.65 Å². The first-order chi connectivity index (χ1) is 10.2. The molecular weight excluding hydrogens is 282 g/mol. The van der Waals surface area contributed by atoms with E-state index in [0.717, 1.165) is 40.7 Å². The molecule has 3 heterocycles. The summed E-state index contributed by atoms with van der Waals surface area (Å²) < 4.78 is 1.84. The zero-order valence-electron chi connectivity index (χ0n) is 12.5. The second-order valence-electron chi connectivity index (χ2n) is 5.14. The molecule has 3 aromatic rings. The zero-order chi connectivity index (χ0) is 14.8. The summed E-state index contributed by atoms with van der Waals surface area (Å²) in [4.78, 5) is 9.16. The molecule has 0 unspecified atom stereocenters. The van der Waals surface area contributed by atoms with Crippen molar-refractivity contribution in [3.05, 3.63) is 40.1 Å². The summed E-state index contributed by atoms with van der Waals surface area (Å²) in [6.07, 6.45) is 3.83. The van der Waals surface area contributed by atoms with Gasteiger partial charge < -0.3 is 5.32 Å². The average Bonchev–Trinajstić information content (AvgIpc) is 3.07. The summed E-state index contributed by atoms with van der Waals surface area (Å²) >= 11 is 1.67. The van der Waals surface area contributed by atoms with E-state index in [1.165, 1.54) is 0 Å². The van der Waals surface area contributed by atoms with Crippen LogP contribution in [0, 0.1) is 6.92 Å². The van der Waals surface area contributed by atoms with Crippen LogP contribution in [0.5, 0.6) is 0 Å². The molecule has 0 spiro atoms. The Kier molecular flexibility index (Phi) is 3.88. The molecule has 0 aliphatic carbocycles. The number of nitrogens with zero attached hydrogens (tertiary/aromatic N) is 4. The highest BCUT2D eigenvalue weighted by Gasteiger charge is 2.12. The Morgan fingerprint density at radius 1 is 1.38 bits per heavy atom. The summed E-state index contributed by atoms with van der Waals surface area (Å²) in [5.41, 5.74) is 3.03. The molecule has 0 saturated carbocycles. The minimum Gasteiger partial charge on any atom is -0.362 e. The van der Waals surface area contributed by atoms with Gasteiger partial charge in [-0.1, -0.05) is 13.3 Å². The second-order valence-corrected chi connectivity index (χ2v) is 6.20. The number of fused-ring (bicyclic) bond motifs is 1. The fourth-order valence-electron chi connectivity index (χ4n) is 2.33. The van der Waals surface area contributed by atoms with Crippen LogP contribution in [0.25, 0.3) is 5.65 Å². The lowest BCUT2D eigenvalue weighted by molar-refractivity contribution is 0.804. The summed E-state index contributed by atoms with van der Waals surface area (Å²) in [5.74, 6) is 0.964. The average molecular weight is 301 g/mol. The monoisotopic (exact) mass is 301 g/mol. The highest BCUT2D eigenvalue weighted by molar-refractivity contribution is 7.09. The Bertz CT molecular complexity index is 745. The van der Waals surface area contributed by atoms with Gasteiger partial charge in [0.2, 0.25) is 0 Å². The molecule has 0 fully saturated rings. The maximum atomic E-state index is 4.62. The maximum absolute atomic E-state index is 4.62. The van der Waals surface area contributed by atoms with E-state index < -0.39 is 0 Å². The number of nitrogens with one attached hydrogen (secondary N) is 1. The van der Waals surface area contributed by atoms with Crippen molar-refractivity contribution in [2.75, 3.05) is 5.32 Å². The molecule has 0 aromatic carbocycles. The topological polar surface area (TPSA) is 55.1 Å². The van der Waals surface area contributed by atoms with Crippen LogP contribution in [0.3, 0.4) is 0 Å². The summed E-state index contributed by atoms with van der Waals surface area (Å²) in [6.45, 7) is 6.30. The van der Waals surface area contributed by atoms with Crippen LogP contribution in [0.4, 0.5) is 5.82 Å². The molecule has 1 N–H and O–H groups in total. The zero-order valence-corrected chi connectivity index (χ0v) is 13.3. The lowest BCUT2D eigenvalue weighted by atomic mass is 10.2. The Hall–Kier alpha value is -1.95. The molecule has 5 nitrogen and oxygen atoms in total. The minimum absolute atomic E-state index is 0.138. The standard InChI is InChI=1S/C15H19N5S/c1-4-5-12-8-15(20-14(19-12)6-7-16-20)17-10(2)13-9-21-11(3)18-13/h6-10,17H,4-5H2,1-3H3/t10-/m1/s1. The second kappa shape index (κ2) is 5.81. The predicted octanol–water partition coefficient (Wildman–Crippen LogP) is 3.62. The Labute approximate surface area is 128 Å². The number of hydrogen-bond donors (Lipinski definition) is 1. The van der Waals surface area contributed by atoms with Gasteiger partial charge in [-0.15, -0.1) is 11.3 Å². The molecule has 3 rings (SSSR count). The Morgan fingerprint density at radius 2 is 2.24 bits per heavy atom. The first-order valence-electron chi connectivity index (χ1n) is 7.19. The summed E-state index contributed by atoms with van der Waals surface area (Å²) in [5, 5.41) is 11.0. The van der Waals surface area contributed by atoms with E-state index in [1.54, 1.807) is 17.5 Å². The molecule has 0 aliphatic rings. The van der Waals surface area contributed by atoms with Crippen molar-refractivity contribution in [2.24, 2.45) is 0 Å². The molecule has 0 aliphatic heterocycles. The van der Waals surface area contributed by atoms with Crippen molar-refractivity contribution < 1.29 is 0 Å². The van der Waals surface area contributed by atoms with E-state index in [2.05, 4.69) is 45.7 Å². The Morgan fingerprint density at radius 3 is 2.95 bits per heavy atom. The van der Waals surface area contributed by atoms with E-state index in [1.807, 2.05) is 17.5 Å². The minimum atomic E-state index is 0.138. The van der Waals surface area contributed by atoms with Crippen LogP contribution in [0.2, 0.25) is 0 Å². The van der Waals surface area contributed by atoms with E-state index in [0.29, 0.717) is 0 Å². The third-order valence-electron chi connectivity index (χ3n) is 3.36. The molecule has 0 radical (unpaired) electrons. The fourth-order valence-corrected chi connectivity index (χ4v) is 3.03. The smallest absolute Gasteiger partial charge is 0.157 e. The van der Waals surface area contributed by atoms with Crippen molar-refractivity contribution in [1.29, 1.82) is 0 Å². The molecule has 110 valence electrons. The number of aromatic nitrogens is 4. The third-order valence-corrected chi connectivity index (χ3v) is 4.16. The molecule has 0 saturated heterocycles. The van der Waals surface area contributed by atoms with Crippen LogP contribution < -0.4 is 5.32 Å². The van der Waals surface area contributed by atoms with Crippen LogP contribution in [0.1, 0.15) is 42.7 Å². The first-order valence-corrected chi connectivity index (χ1v) is 8.07. The highest BCUT2D eigenvalue weighted by atomic mass is 32.1. The van der Waals surface area contributed by atoms with Crippen molar-refractivity contribution in [3.8, 4) is 0 Å². The maximum Gasteiger partial charge on any atom is 0.157 e. The van der Waals surface area contributed by atoms with Crippen LogP contribution in [0.15, 0.2) is 23.7 Å². The molecule has 0 amide bonds. The first kappa shape index (κ1) is 14.0. The normalized spacial score (nSPS) is 12.7. The Balaban J connectivity index is 1.93. The summed E-state index contributed by atoms with van der Waals surface area (Å²) in [7, 11) is 0. The molecule has 0 bridgehead atoms. The van der Waals surface area contributed by atoms with Gasteiger partial charge in [-0.05, 0) is 20.3 Å². The fraction of sp³-hybridized carbons (Fsp3) is 0.400. The predicted molar refractivity (Wildman–Crippen MR) is 85.9 cm³/mol. The number of hydrogen-bond acceptors (Lipinski definition) is 5. The van der Waals surface area contributed by atoms with Gasteiger partial charge in [0, 0.05) is 23.2 Å². The van der Waals surface area contributed by atoms with Gasteiger partial charge in [-0.25, -0.2) is 9.97 Å². The summed E-state index contributed by atoms with van der Waals surface area (Å²) in [6, 6.07) is 4.15. The number of aryl methyl sites for hydroxylation is 2. The largest absolute Gasteiger partial charge is 0.362 e.